The molecule has 0 heterocycles. The van der Waals surface area contributed by atoms with E-state index in [0.29, 0.717) is 5.92 Å². The maximum Gasteiger partial charge on any atom is -0.0191 e. The molecule has 8 heavy (non-hydrogen) atoms. The van der Waals surface area contributed by atoms with Crippen LogP contribution in [0.3, 0.4) is 0 Å². The van der Waals surface area contributed by atoms with E-state index in [0.717, 1.165) is 12.8 Å². The summed E-state index contributed by atoms with van der Waals surface area (Å²) in [5.74, 6) is 0.521. The van der Waals surface area contributed by atoms with Crippen molar-refractivity contribution in [3.63, 3.8) is 0 Å². The summed E-state index contributed by atoms with van der Waals surface area (Å²) in [6, 6.07) is 0. The van der Waals surface area contributed by atoms with Crippen LogP contribution >= 0.6 is 0 Å². The summed E-state index contributed by atoms with van der Waals surface area (Å²) in [7, 11) is 0. The Balaban J connectivity index is 3.09. The van der Waals surface area contributed by atoms with Crippen LogP contribution < -0.4 is 0 Å². The average Bonchev–Trinajstić information content (AvgIpc) is 1.83. The van der Waals surface area contributed by atoms with Gasteiger partial charge in [-0.2, -0.15) is 0 Å². The molecule has 1 atom stereocenters. The monoisotopic (exact) mass is 109 g/mol. The quantitative estimate of drug-likeness (QED) is 0.487. The van der Waals surface area contributed by atoms with E-state index in [4.69, 9.17) is 0 Å². The number of allylic oxidation sites excluding steroid dienone is 2. The van der Waals surface area contributed by atoms with Gasteiger partial charge in [-0.1, -0.05) is 19.6 Å². The van der Waals surface area contributed by atoms with E-state index in [9.17, 15) is 0 Å². The third-order valence-electron chi connectivity index (χ3n) is 1.15. The number of hydrogen-bond acceptors (Lipinski definition) is 0. The molecule has 0 aliphatic heterocycles. The topological polar surface area (TPSA) is 0 Å². The molecule has 0 aliphatic rings. The highest BCUT2D eigenvalue weighted by molar-refractivity contribution is 4.72. The van der Waals surface area contributed by atoms with E-state index in [1.54, 1.807) is 0 Å². The maximum absolute atomic E-state index is 3.62. The molecule has 0 saturated carbocycles. The van der Waals surface area contributed by atoms with Crippen molar-refractivity contribution in [2.75, 3.05) is 0 Å². The van der Waals surface area contributed by atoms with Crippen molar-refractivity contribution in [2.45, 2.75) is 19.8 Å². The number of hydrogen-bond donors (Lipinski definition) is 0. The van der Waals surface area contributed by atoms with Crippen LogP contribution in [0.25, 0.3) is 0 Å². The summed E-state index contributed by atoms with van der Waals surface area (Å²) in [4.78, 5) is 0. The van der Waals surface area contributed by atoms with Gasteiger partial charge in [0, 0.05) is 0 Å². The van der Waals surface area contributed by atoms with Gasteiger partial charge in [-0.15, -0.1) is 6.58 Å². The van der Waals surface area contributed by atoms with Gasteiger partial charge in [0.2, 0.25) is 0 Å². The molecular weight excluding hydrogens is 96.1 g/mol. The van der Waals surface area contributed by atoms with Gasteiger partial charge in [0.25, 0.3) is 0 Å². The Labute approximate surface area is 51.9 Å². The molecule has 0 fully saturated rings. The molecular formula is C8H13. The van der Waals surface area contributed by atoms with Crippen LogP contribution in [0.1, 0.15) is 19.8 Å². The molecule has 0 saturated heterocycles. The van der Waals surface area contributed by atoms with Gasteiger partial charge in [-0.25, -0.2) is 0 Å². The van der Waals surface area contributed by atoms with Crippen molar-refractivity contribution in [2.24, 2.45) is 5.92 Å². The fourth-order valence-electron chi connectivity index (χ4n) is 0.470. The van der Waals surface area contributed by atoms with Crippen LogP contribution in [-0.4, -0.2) is 0 Å². The van der Waals surface area contributed by atoms with E-state index < -0.39 is 0 Å². The fraction of sp³-hybridized carbons (Fsp3) is 0.500. The van der Waals surface area contributed by atoms with Crippen molar-refractivity contribution in [3.05, 3.63) is 25.3 Å². The van der Waals surface area contributed by atoms with E-state index >= 15 is 0 Å². The van der Waals surface area contributed by atoms with Crippen molar-refractivity contribution in [3.8, 4) is 0 Å². The Bertz CT molecular complexity index is 72.1. The molecule has 0 aromatic carbocycles. The molecule has 0 bridgehead atoms. The van der Waals surface area contributed by atoms with Crippen molar-refractivity contribution in [1.82, 2.24) is 0 Å². The summed E-state index contributed by atoms with van der Waals surface area (Å²) < 4.78 is 0. The van der Waals surface area contributed by atoms with Crippen LogP contribution in [0.4, 0.5) is 0 Å². The summed E-state index contributed by atoms with van der Waals surface area (Å²) >= 11 is 0. The summed E-state index contributed by atoms with van der Waals surface area (Å²) in [6.07, 6.45) is 7.03. The lowest BCUT2D eigenvalue weighted by atomic mass is 10.1. The van der Waals surface area contributed by atoms with Gasteiger partial charge in [0.15, 0.2) is 0 Å². The normalized spacial score (nSPS) is 12.6. The first-order valence-corrected chi connectivity index (χ1v) is 2.94. The Kier molecular flexibility index (Phi) is 4.33. The SMILES string of the molecule is C=[C]C(C)CCC=C. The average molecular weight is 109 g/mol. The second-order valence-corrected chi connectivity index (χ2v) is 1.97. The molecule has 1 radical (unpaired) electrons. The lowest BCUT2D eigenvalue weighted by Crippen LogP contribution is -1.86. The van der Waals surface area contributed by atoms with Crippen molar-refractivity contribution < 1.29 is 0 Å². The Morgan fingerprint density at radius 1 is 1.75 bits per heavy atom. The molecule has 45 valence electrons. The molecule has 1 unspecified atom stereocenters. The first-order chi connectivity index (χ1) is 3.81. The van der Waals surface area contributed by atoms with E-state index in [2.05, 4.69) is 26.2 Å². The van der Waals surface area contributed by atoms with Crippen LogP contribution in [0, 0.1) is 12.0 Å². The lowest BCUT2D eigenvalue weighted by Gasteiger charge is -1.98. The van der Waals surface area contributed by atoms with Gasteiger partial charge < -0.3 is 0 Å². The highest BCUT2D eigenvalue weighted by Crippen LogP contribution is 2.04. The van der Waals surface area contributed by atoms with Crippen LogP contribution in [0.5, 0.6) is 0 Å². The van der Waals surface area contributed by atoms with Gasteiger partial charge in [-0.3, -0.25) is 0 Å². The molecule has 0 spiro atoms. The molecule has 0 amide bonds. The zero-order valence-electron chi connectivity index (χ0n) is 5.48. The van der Waals surface area contributed by atoms with Gasteiger partial charge >= 0.3 is 0 Å². The van der Waals surface area contributed by atoms with Gasteiger partial charge in [0.05, 0.1) is 0 Å². The molecule has 0 heteroatoms. The smallest absolute Gasteiger partial charge is 0.0191 e. The third-order valence-corrected chi connectivity index (χ3v) is 1.15. The standard InChI is InChI=1S/C8H13/c1-4-6-7-8(3)5-2/h4,8H,1-2,6-7H2,3H3. The molecule has 0 rings (SSSR count). The molecule has 0 nitrogen and oxygen atoms in total. The van der Waals surface area contributed by atoms with Gasteiger partial charge in [0.1, 0.15) is 0 Å². The second kappa shape index (κ2) is 4.63. The second-order valence-electron chi connectivity index (χ2n) is 1.97. The van der Waals surface area contributed by atoms with Crippen molar-refractivity contribution >= 4 is 0 Å². The highest BCUT2D eigenvalue weighted by Gasteiger charge is 1.91. The molecule has 0 aromatic heterocycles. The Morgan fingerprint density at radius 2 is 2.38 bits per heavy atom. The van der Waals surface area contributed by atoms with Crippen LogP contribution in [0.15, 0.2) is 19.2 Å². The summed E-state index contributed by atoms with van der Waals surface area (Å²) in [6.45, 7) is 9.28. The number of rotatable bonds is 4. The lowest BCUT2D eigenvalue weighted by molar-refractivity contribution is 0.643. The zero-order chi connectivity index (χ0) is 6.41. The van der Waals surface area contributed by atoms with Crippen LogP contribution in [-0.2, 0) is 0 Å². The molecule has 0 aromatic rings. The van der Waals surface area contributed by atoms with E-state index in [-0.39, 0.29) is 0 Å². The fourth-order valence-corrected chi connectivity index (χ4v) is 0.470. The van der Waals surface area contributed by atoms with Gasteiger partial charge in [-0.05, 0) is 24.8 Å². The molecule has 0 N–H and O–H groups in total. The zero-order valence-corrected chi connectivity index (χ0v) is 5.48. The van der Waals surface area contributed by atoms with Crippen LogP contribution in [0.2, 0.25) is 0 Å². The summed E-state index contributed by atoms with van der Waals surface area (Å²) in [5.41, 5.74) is 0. The predicted octanol–water partition coefficient (Wildman–Crippen LogP) is 2.58. The largest absolute Gasteiger partial charge is 0.103 e. The minimum atomic E-state index is 0.521. The highest BCUT2D eigenvalue weighted by atomic mass is 14.0. The predicted molar refractivity (Wildman–Crippen MR) is 37.5 cm³/mol. The Morgan fingerprint density at radius 3 is 2.75 bits per heavy atom. The maximum atomic E-state index is 3.62. The van der Waals surface area contributed by atoms with E-state index in [1.807, 2.05) is 6.08 Å². The minimum Gasteiger partial charge on any atom is -0.103 e. The third kappa shape index (κ3) is 3.66. The minimum absolute atomic E-state index is 0.521. The summed E-state index contributed by atoms with van der Waals surface area (Å²) in [5, 5.41) is 0. The molecule has 0 aliphatic carbocycles. The van der Waals surface area contributed by atoms with E-state index in [1.165, 1.54) is 0 Å². The Hall–Kier alpha value is -0.520. The first kappa shape index (κ1) is 7.48. The first-order valence-electron chi connectivity index (χ1n) is 2.94. The van der Waals surface area contributed by atoms with Crippen molar-refractivity contribution in [1.29, 1.82) is 0 Å².